The molecule has 0 spiro atoms. The van der Waals surface area contributed by atoms with E-state index >= 15 is 0 Å². The van der Waals surface area contributed by atoms with Gasteiger partial charge in [0.25, 0.3) is 5.91 Å². The third-order valence-electron chi connectivity index (χ3n) is 5.59. The number of halogens is 5. The van der Waals surface area contributed by atoms with Crippen LogP contribution in [0.1, 0.15) is 46.0 Å². The van der Waals surface area contributed by atoms with Crippen molar-refractivity contribution < 1.29 is 22.4 Å². The van der Waals surface area contributed by atoms with Gasteiger partial charge in [0.05, 0.1) is 34.2 Å². The topological polar surface area (TPSA) is 59.8 Å². The maximum atomic E-state index is 13.4. The molecule has 0 aliphatic heterocycles. The van der Waals surface area contributed by atoms with Gasteiger partial charge in [-0.15, -0.1) is 0 Å². The number of aromatic nitrogens is 3. The average molecular weight is 535 g/mol. The van der Waals surface area contributed by atoms with Crippen LogP contribution >= 0.6 is 15.9 Å². The van der Waals surface area contributed by atoms with Crippen LogP contribution in [0.2, 0.25) is 0 Å². The van der Waals surface area contributed by atoms with E-state index in [1.165, 1.54) is 18.2 Å². The van der Waals surface area contributed by atoms with Gasteiger partial charge in [-0.05, 0) is 62.7 Å². The highest BCUT2D eigenvalue weighted by Crippen LogP contribution is 2.33. The van der Waals surface area contributed by atoms with E-state index in [9.17, 15) is 22.4 Å². The molecule has 0 bridgehead atoms. The predicted molar refractivity (Wildman–Crippen MR) is 124 cm³/mol. The largest absolute Gasteiger partial charge is 0.433 e. The number of rotatable bonds is 4. The minimum absolute atomic E-state index is 0.0530. The lowest BCUT2D eigenvalue weighted by Gasteiger charge is -2.15. The molecule has 0 radical (unpaired) electrons. The fourth-order valence-electron chi connectivity index (χ4n) is 3.82. The van der Waals surface area contributed by atoms with Crippen LogP contribution < -0.4 is 5.32 Å². The van der Waals surface area contributed by atoms with Crippen molar-refractivity contribution in [3.8, 4) is 0 Å². The van der Waals surface area contributed by atoms with E-state index in [0.717, 1.165) is 11.6 Å². The number of benzene rings is 2. The van der Waals surface area contributed by atoms with Crippen LogP contribution in [0.4, 0.5) is 23.2 Å². The Morgan fingerprint density at radius 1 is 1.09 bits per heavy atom. The number of amides is 1. The van der Waals surface area contributed by atoms with Crippen molar-refractivity contribution in [1.29, 1.82) is 0 Å². The van der Waals surface area contributed by atoms with Gasteiger partial charge in [-0.2, -0.15) is 18.3 Å². The van der Waals surface area contributed by atoms with E-state index in [4.69, 9.17) is 0 Å². The molecular weight excluding hydrogens is 516 g/mol. The van der Waals surface area contributed by atoms with Crippen molar-refractivity contribution in [3.63, 3.8) is 0 Å². The third-order valence-corrected chi connectivity index (χ3v) is 6.08. The fourth-order valence-corrected chi connectivity index (χ4v) is 4.18. The van der Waals surface area contributed by atoms with Crippen LogP contribution in [0.5, 0.6) is 0 Å². The zero-order valence-corrected chi connectivity index (χ0v) is 19.9. The molecule has 1 unspecified atom stereocenters. The predicted octanol–water partition coefficient (Wildman–Crippen LogP) is 6.83. The molecule has 34 heavy (non-hydrogen) atoms. The van der Waals surface area contributed by atoms with Gasteiger partial charge >= 0.3 is 6.18 Å². The molecule has 0 aliphatic rings. The number of hydrogen-bond acceptors (Lipinski definition) is 3. The minimum Gasteiger partial charge on any atom is -0.319 e. The Balaban J connectivity index is 1.74. The first-order valence-electron chi connectivity index (χ1n) is 10.3. The molecule has 5 nitrogen and oxygen atoms in total. The maximum Gasteiger partial charge on any atom is 0.433 e. The molecule has 4 aromatic rings. The molecule has 2 heterocycles. The number of hydrogen-bond donors (Lipinski definition) is 1. The molecule has 2 aromatic carbocycles. The Morgan fingerprint density at radius 3 is 2.41 bits per heavy atom. The number of fused-ring (bicyclic) bond motifs is 1. The van der Waals surface area contributed by atoms with E-state index in [-0.39, 0.29) is 28.3 Å². The Labute approximate surface area is 200 Å². The van der Waals surface area contributed by atoms with Crippen LogP contribution in [0.15, 0.2) is 53.0 Å². The number of carbonyl (C=O) groups is 1. The first kappa shape index (κ1) is 23.9. The summed E-state index contributed by atoms with van der Waals surface area (Å²) in [7, 11) is 0. The summed E-state index contributed by atoms with van der Waals surface area (Å²) < 4.78 is 55.9. The van der Waals surface area contributed by atoms with Gasteiger partial charge in [0, 0.05) is 9.86 Å². The molecule has 1 atom stereocenters. The molecule has 0 saturated carbocycles. The molecule has 10 heteroatoms. The normalized spacial score (nSPS) is 12.7. The first-order valence-corrected chi connectivity index (χ1v) is 11.0. The quantitative estimate of drug-likeness (QED) is 0.292. The zero-order valence-electron chi connectivity index (χ0n) is 18.3. The Bertz CT molecular complexity index is 1400. The van der Waals surface area contributed by atoms with Crippen LogP contribution in [0, 0.1) is 19.7 Å². The van der Waals surface area contributed by atoms with E-state index < -0.39 is 17.8 Å². The molecule has 4 rings (SSSR count). The van der Waals surface area contributed by atoms with Crippen LogP contribution in [0.25, 0.3) is 10.9 Å². The highest BCUT2D eigenvalue weighted by molar-refractivity contribution is 9.10. The first-order chi connectivity index (χ1) is 16.0. The van der Waals surface area contributed by atoms with E-state index in [1.807, 2.05) is 6.92 Å². The van der Waals surface area contributed by atoms with Gasteiger partial charge in [-0.25, -0.2) is 9.37 Å². The second-order valence-corrected chi connectivity index (χ2v) is 8.80. The zero-order chi connectivity index (χ0) is 24.8. The van der Waals surface area contributed by atoms with Gasteiger partial charge < -0.3 is 5.32 Å². The maximum absolute atomic E-state index is 13.4. The summed E-state index contributed by atoms with van der Waals surface area (Å²) in [6.45, 7) is 5.32. The van der Waals surface area contributed by atoms with Gasteiger partial charge in [-0.1, -0.05) is 28.1 Å². The summed E-state index contributed by atoms with van der Waals surface area (Å²) in [6.07, 6.45) is -4.71. The summed E-state index contributed by atoms with van der Waals surface area (Å²) in [5.74, 6) is -1.07. The monoisotopic (exact) mass is 534 g/mol. The van der Waals surface area contributed by atoms with Crippen molar-refractivity contribution in [2.75, 3.05) is 5.32 Å². The number of nitrogens with zero attached hydrogens (tertiary/aromatic N) is 3. The third kappa shape index (κ3) is 4.54. The molecule has 0 fully saturated rings. The fraction of sp³-hybridized carbons (Fsp3) is 0.208. The van der Waals surface area contributed by atoms with Crippen molar-refractivity contribution in [1.82, 2.24) is 14.8 Å². The second kappa shape index (κ2) is 8.83. The Hall–Kier alpha value is -3.27. The van der Waals surface area contributed by atoms with E-state index in [2.05, 4.69) is 31.3 Å². The van der Waals surface area contributed by atoms with Crippen LogP contribution in [0.3, 0.4) is 0 Å². The number of nitrogens with one attached hydrogen (secondary N) is 1. The number of anilines is 1. The lowest BCUT2D eigenvalue weighted by molar-refractivity contribution is -0.140. The molecule has 0 aliphatic carbocycles. The molecule has 0 saturated heterocycles. The Morgan fingerprint density at radius 2 is 1.76 bits per heavy atom. The SMILES string of the molecule is Cc1nn(C(C)c2ccc(F)cc2)c(C)c1NC(=O)c1cc(C(F)(F)F)nc2ccc(Br)cc12. The summed E-state index contributed by atoms with van der Waals surface area (Å²) in [5, 5.41) is 7.51. The summed E-state index contributed by atoms with van der Waals surface area (Å²) in [4.78, 5) is 16.9. The molecule has 1 amide bonds. The van der Waals surface area contributed by atoms with Gasteiger partial charge in [0.2, 0.25) is 0 Å². The second-order valence-electron chi connectivity index (χ2n) is 7.89. The molecule has 176 valence electrons. The minimum atomic E-state index is -4.71. The van der Waals surface area contributed by atoms with Crippen LogP contribution in [-0.4, -0.2) is 20.7 Å². The summed E-state index contributed by atoms with van der Waals surface area (Å²) >= 11 is 3.29. The summed E-state index contributed by atoms with van der Waals surface area (Å²) in [6, 6.07) is 11.0. The van der Waals surface area contributed by atoms with Crippen molar-refractivity contribution in [2.24, 2.45) is 0 Å². The van der Waals surface area contributed by atoms with E-state index in [0.29, 0.717) is 21.5 Å². The van der Waals surface area contributed by atoms with Gasteiger partial charge in [-0.3, -0.25) is 9.48 Å². The van der Waals surface area contributed by atoms with Crippen molar-refractivity contribution in [2.45, 2.75) is 33.0 Å². The summed E-state index contributed by atoms with van der Waals surface area (Å²) in [5.41, 5.74) is 1.06. The lowest BCUT2D eigenvalue weighted by Crippen LogP contribution is -2.17. The highest BCUT2D eigenvalue weighted by atomic mass is 79.9. The van der Waals surface area contributed by atoms with E-state index in [1.54, 1.807) is 42.8 Å². The van der Waals surface area contributed by atoms with Crippen molar-refractivity contribution >= 4 is 38.4 Å². The number of pyridine rings is 1. The number of alkyl halides is 3. The molecule has 1 N–H and O–H groups in total. The van der Waals surface area contributed by atoms with Crippen molar-refractivity contribution in [3.05, 3.63) is 87.0 Å². The Kier molecular flexibility index (Phi) is 6.20. The molecular formula is C24H19BrF4N4O. The lowest BCUT2D eigenvalue weighted by atomic mass is 10.1. The average Bonchev–Trinajstić information content (AvgIpc) is 3.06. The van der Waals surface area contributed by atoms with Gasteiger partial charge in [0.1, 0.15) is 11.5 Å². The molecule has 2 aromatic heterocycles. The standard InChI is InChI=1S/C24H19BrF4N4O/c1-12-22(14(3)33(32-12)13(2)15-4-7-17(26)8-5-15)31-23(34)19-11-21(24(27,28)29)30-20-9-6-16(25)10-18(19)20/h4-11,13H,1-3H3,(H,31,34). The van der Waals surface area contributed by atoms with Gasteiger partial charge in [0.15, 0.2) is 0 Å². The smallest absolute Gasteiger partial charge is 0.319 e. The van der Waals surface area contributed by atoms with Crippen LogP contribution in [-0.2, 0) is 6.18 Å². The highest BCUT2D eigenvalue weighted by Gasteiger charge is 2.34. The number of aryl methyl sites for hydroxylation is 1. The number of carbonyl (C=O) groups excluding carboxylic acids is 1.